The van der Waals surface area contributed by atoms with Crippen molar-refractivity contribution in [1.82, 2.24) is 19.8 Å². The summed E-state index contributed by atoms with van der Waals surface area (Å²) in [5, 5.41) is 7.48. The molecular formula is C16H17ClN4O3. The molecule has 0 radical (unpaired) electrons. The third-order valence-corrected chi connectivity index (χ3v) is 4.29. The summed E-state index contributed by atoms with van der Waals surface area (Å²) in [6.07, 6.45) is 5.19. The Labute approximate surface area is 144 Å². The minimum atomic E-state index is -0.324. The van der Waals surface area contributed by atoms with E-state index in [-0.39, 0.29) is 17.6 Å². The summed E-state index contributed by atoms with van der Waals surface area (Å²) in [5.41, 5.74) is 1.42. The number of hydrogen-bond acceptors (Lipinski definition) is 4. The highest BCUT2D eigenvalue weighted by molar-refractivity contribution is 6.31. The van der Waals surface area contributed by atoms with E-state index in [4.69, 9.17) is 16.0 Å². The zero-order chi connectivity index (χ0) is 17.3. The second-order valence-electron chi connectivity index (χ2n) is 5.47. The van der Waals surface area contributed by atoms with Crippen LogP contribution in [0.3, 0.4) is 0 Å². The Balaban J connectivity index is 1.76. The van der Waals surface area contributed by atoms with Gasteiger partial charge >= 0.3 is 5.91 Å². The first kappa shape index (κ1) is 16.3. The highest BCUT2D eigenvalue weighted by Crippen LogP contribution is 2.21. The van der Waals surface area contributed by atoms with Gasteiger partial charge in [-0.2, -0.15) is 5.10 Å². The number of hydrazine groups is 1. The van der Waals surface area contributed by atoms with Gasteiger partial charge in [-0.15, -0.1) is 0 Å². The average molecular weight is 349 g/mol. The molecule has 2 aromatic rings. The number of aryl methyl sites for hydroxylation is 2. The molecule has 0 bridgehead atoms. The first-order valence-electron chi connectivity index (χ1n) is 7.53. The maximum atomic E-state index is 12.5. The van der Waals surface area contributed by atoms with Crippen molar-refractivity contribution in [3.8, 4) is 0 Å². The van der Waals surface area contributed by atoms with Crippen LogP contribution in [-0.4, -0.2) is 44.7 Å². The number of furan rings is 1. The van der Waals surface area contributed by atoms with Gasteiger partial charge in [0.05, 0.1) is 12.0 Å². The quantitative estimate of drug-likeness (QED) is 0.798. The van der Waals surface area contributed by atoms with E-state index in [2.05, 4.69) is 5.10 Å². The van der Waals surface area contributed by atoms with Crippen molar-refractivity contribution in [2.75, 3.05) is 13.1 Å². The molecule has 1 aliphatic rings. The van der Waals surface area contributed by atoms with Crippen LogP contribution >= 0.6 is 11.6 Å². The van der Waals surface area contributed by atoms with Crippen LogP contribution in [0, 0.1) is 6.92 Å². The topological polar surface area (TPSA) is 71.6 Å². The molecule has 2 aromatic heterocycles. The van der Waals surface area contributed by atoms with Gasteiger partial charge in [-0.25, -0.2) is 10.0 Å². The van der Waals surface area contributed by atoms with Crippen molar-refractivity contribution in [2.45, 2.75) is 13.3 Å². The van der Waals surface area contributed by atoms with Crippen molar-refractivity contribution >= 4 is 29.5 Å². The Bertz CT molecular complexity index is 795. The fourth-order valence-electron chi connectivity index (χ4n) is 2.66. The van der Waals surface area contributed by atoms with E-state index < -0.39 is 0 Å². The van der Waals surface area contributed by atoms with Crippen molar-refractivity contribution in [2.24, 2.45) is 7.05 Å². The van der Waals surface area contributed by atoms with Crippen LogP contribution in [0.25, 0.3) is 6.08 Å². The second kappa shape index (κ2) is 6.52. The number of rotatable bonds is 3. The predicted octanol–water partition coefficient (Wildman–Crippen LogP) is 2.28. The Morgan fingerprint density at radius 3 is 2.71 bits per heavy atom. The molecule has 3 heterocycles. The third-order valence-electron chi connectivity index (χ3n) is 3.84. The predicted molar refractivity (Wildman–Crippen MR) is 88.1 cm³/mol. The zero-order valence-corrected chi connectivity index (χ0v) is 14.2. The van der Waals surface area contributed by atoms with Gasteiger partial charge < -0.3 is 4.42 Å². The summed E-state index contributed by atoms with van der Waals surface area (Å²) in [5.74, 6) is -0.397. The molecule has 1 saturated heterocycles. The number of halogens is 1. The van der Waals surface area contributed by atoms with Crippen molar-refractivity contribution < 1.29 is 14.0 Å². The molecule has 0 saturated carbocycles. The van der Waals surface area contributed by atoms with Gasteiger partial charge in [0, 0.05) is 31.8 Å². The van der Waals surface area contributed by atoms with Crippen LogP contribution in [-0.2, 0) is 11.8 Å². The summed E-state index contributed by atoms with van der Waals surface area (Å²) >= 11 is 6.15. The molecule has 1 fully saturated rings. The van der Waals surface area contributed by atoms with Crippen LogP contribution in [0.2, 0.25) is 5.15 Å². The highest BCUT2D eigenvalue weighted by atomic mass is 35.5. The molecule has 24 heavy (non-hydrogen) atoms. The van der Waals surface area contributed by atoms with Crippen molar-refractivity contribution in [1.29, 1.82) is 0 Å². The minimum absolute atomic E-state index is 0.213. The van der Waals surface area contributed by atoms with Gasteiger partial charge in [-0.1, -0.05) is 11.6 Å². The van der Waals surface area contributed by atoms with Gasteiger partial charge in [0.15, 0.2) is 5.76 Å². The van der Waals surface area contributed by atoms with E-state index in [0.717, 1.165) is 12.1 Å². The van der Waals surface area contributed by atoms with Crippen LogP contribution < -0.4 is 0 Å². The number of nitrogens with zero attached hydrogens (tertiary/aromatic N) is 4. The fourth-order valence-corrected chi connectivity index (χ4v) is 2.89. The Kier molecular flexibility index (Phi) is 4.44. The smallest absolute Gasteiger partial charge is 0.308 e. The van der Waals surface area contributed by atoms with Gasteiger partial charge in [0.1, 0.15) is 5.15 Å². The van der Waals surface area contributed by atoms with E-state index in [9.17, 15) is 9.59 Å². The third kappa shape index (κ3) is 2.94. The summed E-state index contributed by atoms with van der Waals surface area (Å²) in [6.45, 7) is 2.78. The molecule has 0 N–H and O–H groups in total. The summed E-state index contributed by atoms with van der Waals surface area (Å²) < 4.78 is 6.67. The van der Waals surface area contributed by atoms with E-state index in [1.807, 2.05) is 6.92 Å². The Morgan fingerprint density at radius 2 is 2.08 bits per heavy atom. The van der Waals surface area contributed by atoms with Crippen LogP contribution in [0.4, 0.5) is 0 Å². The number of hydrogen-bond donors (Lipinski definition) is 0. The standard InChI is InChI=1S/C16H17ClN4O3/c1-11-12(15(17)19(2)18-11)6-7-14(22)20-8-4-9-21(20)16(23)13-5-3-10-24-13/h3,5-7,10H,4,8-9H2,1-2H3. The first-order chi connectivity index (χ1) is 11.5. The summed E-state index contributed by atoms with van der Waals surface area (Å²) in [4.78, 5) is 24.9. The molecule has 7 nitrogen and oxygen atoms in total. The molecule has 8 heteroatoms. The summed E-state index contributed by atoms with van der Waals surface area (Å²) in [6, 6.07) is 3.22. The lowest BCUT2D eigenvalue weighted by Crippen LogP contribution is -2.44. The largest absolute Gasteiger partial charge is 0.459 e. The van der Waals surface area contributed by atoms with Crippen LogP contribution in [0.5, 0.6) is 0 Å². The Hall–Kier alpha value is -2.54. The van der Waals surface area contributed by atoms with Gasteiger partial charge in [0.25, 0.3) is 5.91 Å². The lowest BCUT2D eigenvalue weighted by Gasteiger charge is -2.25. The van der Waals surface area contributed by atoms with Gasteiger partial charge in [-0.05, 0) is 31.6 Å². The molecule has 2 amide bonds. The molecule has 126 valence electrons. The summed E-state index contributed by atoms with van der Waals surface area (Å²) in [7, 11) is 1.73. The fraction of sp³-hybridized carbons (Fsp3) is 0.312. The molecule has 0 unspecified atom stereocenters. The first-order valence-corrected chi connectivity index (χ1v) is 7.91. The number of aromatic nitrogens is 2. The highest BCUT2D eigenvalue weighted by Gasteiger charge is 2.31. The number of amides is 2. The van der Waals surface area contributed by atoms with Gasteiger partial charge in [0.2, 0.25) is 0 Å². The van der Waals surface area contributed by atoms with Crippen LogP contribution in [0.15, 0.2) is 28.9 Å². The van der Waals surface area contributed by atoms with Crippen molar-refractivity contribution in [3.05, 3.63) is 46.6 Å². The van der Waals surface area contributed by atoms with Crippen LogP contribution in [0.1, 0.15) is 28.2 Å². The maximum absolute atomic E-state index is 12.5. The normalized spacial score (nSPS) is 14.8. The lowest BCUT2D eigenvalue weighted by molar-refractivity contribution is -0.135. The Morgan fingerprint density at radius 1 is 1.33 bits per heavy atom. The zero-order valence-electron chi connectivity index (χ0n) is 13.4. The molecule has 0 atom stereocenters. The molecular weight excluding hydrogens is 332 g/mol. The monoisotopic (exact) mass is 348 g/mol. The SMILES string of the molecule is Cc1nn(C)c(Cl)c1C=CC(=O)N1CCCN1C(=O)c1ccco1. The van der Waals surface area contributed by atoms with Gasteiger partial charge in [-0.3, -0.25) is 14.3 Å². The second-order valence-corrected chi connectivity index (χ2v) is 5.83. The minimum Gasteiger partial charge on any atom is -0.459 e. The lowest BCUT2D eigenvalue weighted by atomic mass is 10.2. The molecule has 0 spiro atoms. The number of carbonyl (C=O) groups is 2. The average Bonchev–Trinajstić information content (AvgIpc) is 3.28. The number of carbonyl (C=O) groups excluding carboxylic acids is 2. The molecule has 1 aliphatic heterocycles. The van der Waals surface area contributed by atoms with E-state index in [0.29, 0.717) is 23.8 Å². The van der Waals surface area contributed by atoms with E-state index in [1.165, 1.54) is 22.4 Å². The molecule has 0 aromatic carbocycles. The van der Waals surface area contributed by atoms with Crippen molar-refractivity contribution in [3.63, 3.8) is 0 Å². The molecule has 0 aliphatic carbocycles. The van der Waals surface area contributed by atoms with E-state index in [1.54, 1.807) is 29.9 Å². The maximum Gasteiger partial charge on any atom is 0.308 e. The van der Waals surface area contributed by atoms with E-state index >= 15 is 0 Å². The molecule has 3 rings (SSSR count).